The fourth-order valence-corrected chi connectivity index (χ4v) is 2.90. The Hall–Kier alpha value is -2.82. The van der Waals surface area contributed by atoms with E-state index in [4.69, 9.17) is 0 Å². The van der Waals surface area contributed by atoms with Gasteiger partial charge in [-0.2, -0.15) is 0 Å². The van der Waals surface area contributed by atoms with E-state index in [2.05, 4.69) is 64.9 Å². The van der Waals surface area contributed by atoms with Gasteiger partial charge in [0.1, 0.15) is 5.65 Å². The smallest absolute Gasteiger partial charge is 0.191 e. The molecule has 0 aliphatic rings. The number of pyridine rings is 1. The highest BCUT2D eigenvalue weighted by molar-refractivity contribution is 5.79. The fraction of sp³-hybridized carbons (Fsp3) is 0.333. The zero-order valence-corrected chi connectivity index (χ0v) is 15.7. The van der Waals surface area contributed by atoms with Crippen LogP contribution in [-0.4, -0.2) is 35.5 Å². The SMILES string of the molecule is CN=C(NCCc1cn2ccccc2n1)NCC(C)c1ccc(C)cc1. The molecule has 3 aromatic rings. The number of nitrogens with zero attached hydrogens (tertiary/aromatic N) is 3. The van der Waals surface area contributed by atoms with Crippen molar-refractivity contribution in [2.45, 2.75) is 26.2 Å². The van der Waals surface area contributed by atoms with Crippen LogP contribution in [-0.2, 0) is 6.42 Å². The van der Waals surface area contributed by atoms with Crippen LogP contribution in [0.4, 0.5) is 0 Å². The maximum atomic E-state index is 4.62. The minimum atomic E-state index is 0.424. The van der Waals surface area contributed by atoms with Crippen LogP contribution in [0.25, 0.3) is 5.65 Å². The molecule has 3 rings (SSSR count). The summed E-state index contributed by atoms with van der Waals surface area (Å²) in [5.74, 6) is 1.25. The molecule has 0 aliphatic heterocycles. The molecule has 0 radical (unpaired) electrons. The zero-order valence-electron chi connectivity index (χ0n) is 15.7. The van der Waals surface area contributed by atoms with Gasteiger partial charge >= 0.3 is 0 Å². The molecule has 0 amide bonds. The molecule has 0 saturated carbocycles. The standard InChI is InChI=1S/C21H27N5/c1-16-7-9-18(10-8-16)17(2)14-24-21(22-3)23-12-11-19-15-26-13-5-4-6-20(26)25-19/h4-10,13,15,17H,11-12,14H2,1-3H3,(H2,22,23,24). The number of guanidine groups is 1. The van der Waals surface area contributed by atoms with Crippen LogP contribution in [0.5, 0.6) is 0 Å². The molecule has 0 aliphatic carbocycles. The van der Waals surface area contributed by atoms with E-state index in [0.717, 1.165) is 36.8 Å². The van der Waals surface area contributed by atoms with Crippen molar-refractivity contribution in [1.29, 1.82) is 0 Å². The summed E-state index contributed by atoms with van der Waals surface area (Å²) in [7, 11) is 1.80. The average molecular weight is 349 g/mol. The van der Waals surface area contributed by atoms with Crippen LogP contribution < -0.4 is 10.6 Å². The first-order chi connectivity index (χ1) is 12.7. The van der Waals surface area contributed by atoms with Gasteiger partial charge < -0.3 is 15.0 Å². The van der Waals surface area contributed by atoms with Crippen molar-refractivity contribution in [2.75, 3.05) is 20.1 Å². The number of nitrogens with one attached hydrogen (secondary N) is 2. The lowest BCUT2D eigenvalue weighted by atomic mass is 10.0. The van der Waals surface area contributed by atoms with Gasteiger partial charge in [0.05, 0.1) is 5.69 Å². The van der Waals surface area contributed by atoms with Crippen molar-refractivity contribution >= 4 is 11.6 Å². The van der Waals surface area contributed by atoms with Crippen LogP contribution in [0.3, 0.4) is 0 Å². The zero-order chi connectivity index (χ0) is 18.4. The Kier molecular flexibility index (Phi) is 5.89. The summed E-state index contributed by atoms with van der Waals surface area (Å²) in [6.07, 6.45) is 4.95. The molecule has 0 bridgehead atoms. The minimum Gasteiger partial charge on any atom is -0.356 e. The van der Waals surface area contributed by atoms with Gasteiger partial charge in [0.2, 0.25) is 0 Å². The number of hydrogen-bond acceptors (Lipinski definition) is 2. The molecule has 5 nitrogen and oxygen atoms in total. The van der Waals surface area contributed by atoms with E-state index >= 15 is 0 Å². The topological polar surface area (TPSA) is 53.7 Å². The molecular formula is C21H27N5. The lowest BCUT2D eigenvalue weighted by Crippen LogP contribution is -2.39. The summed E-state index contributed by atoms with van der Waals surface area (Å²) >= 11 is 0. The van der Waals surface area contributed by atoms with Crippen LogP contribution in [0.15, 0.2) is 59.9 Å². The normalized spacial score (nSPS) is 13.0. The molecule has 0 saturated heterocycles. The van der Waals surface area contributed by atoms with Crippen molar-refractivity contribution < 1.29 is 0 Å². The van der Waals surface area contributed by atoms with Crippen LogP contribution in [0.1, 0.15) is 29.7 Å². The second-order valence-corrected chi connectivity index (χ2v) is 6.64. The van der Waals surface area contributed by atoms with Gasteiger partial charge in [0.15, 0.2) is 5.96 Å². The van der Waals surface area contributed by atoms with Crippen molar-refractivity contribution in [3.63, 3.8) is 0 Å². The Labute approximate surface area is 155 Å². The summed E-state index contributed by atoms with van der Waals surface area (Å²) in [6.45, 7) is 5.97. The molecule has 0 fully saturated rings. The number of imidazole rings is 1. The monoisotopic (exact) mass is 349 g/mol. The molecule has 1 aromatic carbocycles. The predicted molar refractivity (Wildman–Crippen MR) is 108 cm³/mol. The quantitative estimate of drug-likeness (QED) is 0.531. The first-order valence-electron chi connectivity index (χ1n) is 9.09. The third-order valence-electron chi connectivity index (χ3n) is 4.53. The highest BCUT2D eigenvalue weighted by Gasteiger charge is 2.07. The maximum Gasteiger partial charge on any atom is 0.191 e. The van der Waals surface area contributed by atoms with E-state index in [1.807, 2.05) is 28.8 Å². The largest absolute Gasteiger partial charge is 0.356 e. The number of aliphatic imine (C=N–C) groups is 1. The maximum absolute atomic E-state index is 4.62. The third-order valence-corrected chi connectivity index (χ3v) is 4.53. The Bertz CT molecular complexity index is 830. The molecule has 2 heterocycles. The van der Waals surface area contributed by atoms with Crippen LogP contribution >= 0.6 is 0 Å². The van der Waals surface area contributed by atoms with E-state index in [1.54, 1.807) is 7.05 Å². The van der Waals surface area contributed by atoms with Gasteiger partial charge in [-0.05, 0) is 30.5 Å². The lowest BCUT2D eigenvalue weighted by Gasteiger charge is -2.16. The molecule has 1 atom stereocenters. The Morgan fingerprint density at radius 1 is 1.15 bits per heavy atom. The Morgan fingerprint density at radius 3 is 2.69 bits per heavy atom. The van der Waals surface area contributed by atoms with Crippen molar-refractivity contribution in [3.8, 4) is 0 Å². The van der Waals surface area contributed by atoms with E-state index < -0.39 is 0 Å². The van der Waals surface area contributed by atoms with Crippen LogP contribution in [0.2, 0.25) is 0 Å². The van der Waals surface area contributed by atoms with Crippen LogP contribution in [0, 0.1) is 6.92 Å². The minimum absolute atomic E-state index is 0.424. The van der Waals surface area contributed by atoms with E-state index in [-0.39, 0.29) is 0 Å². The fourth-order valence-electron chi connectivity index (χ4n) is 2.90. The van der Waals surface area contributed by atoms with Gasteiger partial charge in [-0.3, -0.25) is 4.99 Å². The van der Waals surface area contributed by atoms with Gasteiger partial charge in [-0.25, -0.2) is 4.98 Å². The van der Waals surface area contributed by atoms with Gasteiger partial charge in [-0.1, -0.05) is 42.8 Å². The van der Waals surface area contributed by atoms with E-state index in [9.17, 15) is 0 Å². The molecule has 2 aromatic heterocycles. The number of aromatic nitrogens is 2. The van der Waals surface area contributed by atoms with Crippen molar-refractivity contribution in [3.05, 3.63) is 71.7 Å². The Balaban J connectivity index is 1.46. The second kappa shape index (κ2) is 8.52. The molecule has 0 spiro atoms. The second-order valence-electron chi connectivity index (χ2n) is 6.64. The van der Waals surface area contributed by atoms with E-state index in [1.165, 1.54) is 11.1 Å². The van der Waals surface area contributed by atoms with Crippen molar-refractivity contribution in [1.82, 2.24) is 20.0 Å². The number of rotatable bonds is 6. The third kappa shape index (κ3) is 4.63. The lowest BCUT2D eigenvalue weighted by molar-refractivity contribution is 0.697. The van der Waals surface area contributed by atoms with Gasteiger partial charge in [-0.15, -0.1) is 0 Å². The van der Waals surface area contributed by atoms with Gasteiger partial charge in [0, 0.05) is 39.0 Å². The number of benzene rings is 1. The molecule has 136 valence electrons. The number of fused-ring (bicyclic) bond motifs is 1. The number of aryl methyl sites for hydroxylation is 1. The predicted octanol–water partition coefficient (Wildman–Crippen LogP) is 3.15. The first kappa shape index (κ1) is 18.0. The Morgan fingerprint density at radius 2 is 1.96 bits per heavy atom. The van der Waals surface area contributed by atoms with Gasteiger partial charge in [0.25, 0.3) is 0 Å². The molecule has 2 N–H and O–H groups in total. The molecule has 1 unspecified atom stereocenters. The summed E-state index contributed by atoms with van der Waals surface area (Å²) in [5, 5.41) is 6.78. The average Bonchev–Trinajstić information content (AvgIpc) is 3.07. The summed E-state index contributed by atoms with van der Waals surface area (Å²) < 4.78 is 2.05. The summed E-state index contributed by atoms with van der Waals surface area (Å²) in [4.78, 5) is 8.93. The molecule has 26 heavy (non-hydrogen) atoms. The summed E-state index contributed by atoms with van der Waals surface area (Å²) in [6, 6.07) is 14.7. The molecular weight excluding hydrogens is 322 g/mol. The number of hydrogen-bond donors (Lipinski definition) is 2. The van der Waals surface area contributed by atoms with E-state index in [0.29, 0.717) is 5.92 Å². The molecule has 5 heteroatoms. The van der Waals surface area contributed by atoms with Crippen molar-refractivity contribution in [2.24, 2.45) is 4.99 Å². The summed E-state index contributed by atoms with van der Waals surface area (Å²) in [5.41, 5.74) is 4.69. The highest BCUT2D eigenvalue weighted by Crippen LogP contribution is 2.14. The first-order valence-corrected chi connectivity index (χ1v) is 9.09. The highest BCUT2D eigenvalue weighted by atomic mass is 15.2.